The Morgan fingerprint density at radius 1 is 0.753 bits per heavy atom. The van der Waals surface area contributed by atoms with E-state index in [1.165, 1.54) is 27.9 Å². The first-order valence-electron chi connectivity index (χ1n) is 25.5. The SMILES string of the molecule is CC[C@H]1OC(=O)[C@H](C)[C@@H](O[C@H]2C[C@@](C)(OC)[C@@H](O)[C@H](C)O2)[C@H](C)[C@@H](O[C@@H]2O[C@H](C)C[C@H](N(C)C)[C@H]2O)[C@](C)(O)C[C@@H](C)C(=O)[C@H](C)[C@@H](O)[C@]1(C)O.O.O.O.O.O.O.O=C(O)[C@H](O)[C@@H](O)[C@H](O[C@@H]1O[C@H](CO)[C@H](O)[C@H](O)[C@H]1O)[C@H](O)CO. The molecule has 0 aromatic heterocycles. The highest BCUT2D eigenvalue weighted by Gasteiger charge is 2.54. The normalized spacial score (nSPS) is 42.0. The standard InChI is InChI=1S/C37H67NO13.C12H22O12.6H2O/c1-14-25-37(10,45)30(41)20(4)27(39)18(2)16-35(8,44)32(51-34-28(40)24(38(11)12)15-19(3)47-34)21(5)29(22(6)33(43)49-25)50-26-17-36(9,46-13)31(42)23(7)48-26;13-1-3(15)10(7(18)8(19)11(21)22)24-12-9(20)6(17)5(16)4(2-14)23-12;;;;;;/h18-26,28-32,34,40-42,44-45H,14-17H2,1-13H3;3-10,12-20H,1-2H2,(H,21,22);6*1H2/t18-,19-,20+,21+,22-,23+,24+,25-,26+,28-,29+,30-,31+,32-,34+,35-,36-,37-;3-,4-,5+,6+,7-,8-,9-,10-,12+;;;;;;/m11....../s1. The van der Waals surface area contributed by atoms with E-state index in [0.29, 0.717) is 6.42 Å². The first-order valence-corrected chi connectivity index (χ1v) is 25.5. The minimum absolute atomic E-state index is 0. The maximum Gasteiger partial charge on any atom is 0.335 e. The van der Waals surface area contributed by atoms with Crippen LogP contribution < -0.4 is 0 Å². The van der Waals surface area contributed by atoms with Crippen LogP contribution in [-0.4, -0.2) is 301 Å². The van der Waals surface area contributed by atoms with Crippen molar-refractivity contribution in [1.82, 2.24) is 4.90 Å². The summed E-state index contributed by atoms with van der Waals surface area (Å²) in [5.41, 5.74) is -4.84. The summed E-state index contributed by atoms with van der Waals surface area (Å²) in [7, 11) is 5.18. The number of likely N-dealkylation sites (N-methyl/N-ethyl adjacent to an activating group) is 1. The fraction of sp³-hybridized carbons (Fsp3) is 0.939. The summed E-state index contributed by atoms with van der Waals surface area (Å²) in [6.07, 6.45) is -26.6. The van der Waals surface area contributed by atoms with E-state index < -0.39 is 182 Å². The molecule has 4 rings (SSSR count). The Hall–Kier alpha value is -2.47. The van der Waals surface area contributed by atoms with E-state index in [0.717, 1.165) is 0 Å². The monoisotopic (exact) mass is 1200 g/mol. The largest absolute Gasteiger partial charge is 0.479 e. The van der Waals surface area contributed by atoms with E-state index in [-0.39, 0.29) is 64.3 Å². The molecule has 4 heterocycles. The third kappa shape index (κ3) is 20.0. The molecule has 0 aromatic rings. The number of aliphatic hydroxyl groups excluding tert-OH is 11. The van der Waals surface area contributed by atoms with Gasteiger partial charge in [-0.15, -0.1) is 0 Å². The van der Waals surface area contributed by atoms with Gasteiger partial charge >= 0.3 is 11.9 Å². The van der Waals surface area contributed by atoms with Crippen LogP contribution in [-0.2, 0) is 52.3 Å². The lowest BCUT2D eigenvalue weighted by atomic mass is 9.74. The van der Waals surface area contributed by atoms with Crippen molar-refractivity contribution in [3.05, 3.63) is 0 Å². The van der Waals surface area contributed by atoms with Crippen molar-refractivity contribution in [3.63, 3.8) is 0 Å². The Bertz CT molecular complexity index is 1800. The van der Waals surface area contributed by atoms with Gasteiger partial charge in [-0.1, -0.05) is 27.7 Å². The van der Waals surface area contributed by atoms with Crippen molar-refractivity contribution in [3.8, 4) is 0 Å². The number of methoxy groups -OCH3 is 1. The lowest BCUT2D eigenvalue weighted by Gasteiger charge is -2.49. The number of rotatable bonds is 15. The van der Waals surface area contributed by atoms with Gasteiger partial charge in [0.2, 0.25) is 0 Å². The number of cyclic esters (lactones) is 1. The van der Waals surface area contributed by atoms with E-state index in [4.69, 9.17) is 53.2 Å². The van der Waals surface area contributed by atoms with E-state index in [1.807, 2.05) is 25.9 Å². The van der Waals surface area contributed by atoms with Gasteiger partial charge in [0, 0.05) is 37.3 Å². The Labute approximate surface area is 470 Å². The first kappa shape index (κ1) is 85.0. The molecule has 4 aliphatic heterocycles. The number of aliphatic carboxylic acids is 1. The number of aliphatic hydroxyl groups is 13. The van der Waals surface area contributed by atoms with Crippen LogP contribution in [0.4, 0.5) is 0 Å². The molecular formula is C49H101NO31. The second-order valence-electron chi connectivity index (χ2n) is 21.8. The van der Waals surface area contributed by atoms with Gasteiger partial charge in [0.05, 0.1) is 60.9 Å². The number of nitrogens with zero attached hydrogens (tertiary/aromatic N) is 1. The smallest absolute Gasteiger partial charge is 0.335 e. The molecule has 4 fully saturated rings. The number of esters is 1. The number of ketones is 1. The summed E-state index contributed by atoms with van der Waals surface area (Å²) < 4.78 is 47.0. The molecule has 0 unspecified atom stereocenters. The zero-order chi connectivity index (χ0) is 57.6. The topological polar surface area (TPSA) is 601 Å². The number of hydrogen-bond donors (Lipinski definition) is 14. The molecule has 0 saturated carbocycles. The summed E-state index contributed by atoms with van der Waals surface area (Å²) >= 11 is 0. The molecule has 0 aromatic carbocycles. The Balaban J connectivity index is -0.000000842. The molecule has 32 heteroatoms. The number of carboxylic acid groups (broad SMARTS) is 1. The van der Waals surface area contributed by atoms with Crippen LogP contribution in [0.2, 0.25) is 0 Å². The molecule has 27 atom stereocenters. The minimum Gasteiger partial charge on any atom is -0.479 e. The van der Waals surface area contributed by atoms with Crippen LogP contribution >= 0.6 is 0 Å². The summed E-state index contributed by atoms with van der Waals surface area (Å²) in [4.78, 5) is 40.5. The van der Waals surface area contributed by atoms with Crippen LogP contribution in [0.5, 0.6) is 0 Å². The average molecular weight is 1200 g/mol. The van der Waals surface area contributed by atoms with E-state index in [1.54, 1.807) is 41.5 Å². The third-order valence-electron chi connectivity index (χ3n) is 15.4. The second kappa shape index (κ2) is 35.2. The van der Waals surface area contributed by atoms with Gasteiger partial charge in [-0.25, -0.2) is 4.79 Å². The molecule has 4 aliphatic rings. The number of carbonyl (C=O) groups excluding carboxylic acids is 2. The molecule has 0 amide bonds. The van der Waals surface area contributed by atoms with Crippen molar-refractivity contribution in [2.24, 2.45) is 23.7 Å². The van der Waals surface area contributed by atoms with E-state index in [9.17, 15) is 70.6 Å². The predicted molar refractivity (Wildman–Crippen MR) is 279 cm³/mol. The molecule has 488 valence electrons. The highest BCUT2D eigenvalue weighted by Crippen LogP contribution is 2.41. The number of hydrogen-bond acceptors (Lipinski definition) is 25. The number of carboxylic acids is 1. The summed E-state index contributed by atoms with van der Waals surface area (Å²) in [6.45, 7) is 14.6. The summed E-state index contributed by atoms with van der Waals surface area (Å²) in [5, 5.41) is 142. The van der Waals surface area contributed by atoms with Crippen LogP contribution in [0.25, 0.3) is 0 Å². The minimum atomic E-state index is -2.39. The maximum absolute atomic E-state index is 14.1. The van der Waals surface area contributed by atoms with Crippen molar-refractivity contribution in [2.75, 3.05) is 34.4 Å². The number of Topliss-reactive ketones (excluding diaryl/α,β-unsaturated/α-hetero) is 1. The predicted octanol–water partition coefficient (Wildman–Crippen LogP) is -8.83. The van der Waals surface area contributed by atoms with Gasteiger partial charge in [0.25, 0.3) is 0 Å². The van der Waals surface area contributed by atoms with Crippen LogP contribution in [0.15, 0.2) is 0 Å². The summed E-state index contributed by atoms with van der Waals surface area (Å²) in [6, 6.07) is -0.324. The third-order valence-corrected chi connectivity index (χ3v) is 15.4. The van der Waals surface area contributed by atoms with Crippen molar-refractivity contribution in [2.45, 2.75) is 234 Å². The summed E-state index contributed by atoms with van der Waals surface area (Å²) in [5.74, 6) is -6.81. The van der Waals surface area contributed by atoms with Crippen LogP contribution in [0.1, 0.15) is 94.9 Å². The van der Waals surface area contributed by atoms with Gasteiger partial charge < -0.3 is 147 Å². The molecule has 4 saturated heterocycles. The van der Waals surface area contributed by atoms with Gasteiger partial charge in [0.1, 0.15) is 72.4 Å². The molecule has 0 radical (unpaired) electrons. The van der Waals surface area contributed by atoms with Crippen molar-refractivity contribution < 1.29 is 157 Å². The average Bonchev–Trinajstić information content (AvgIpc) is 3.35. The maximum atomic E-state index is 14.1. The molecular weight excluding hydrogens is 1100 g/mol. The molecule has 32 nitrogen and oxygen atoms in total. The quantitative estimate of drug-likeness (QED) is 0.0677. The number of ether oxygens (including phenoxy) is 8. The molecule has 0 aliphatic carbocycles. The molecule has 0 spiro atoms. The molecule has 0 bridgehead atoms. The van der Waals surface area contributed by atoms with Crippen LogP contribution in [0.3, 0.4) is 0 Å². The van der Waals surface area contributed by atoms with Crippen molar-refractivity contribution in [1.29, 1.82) is 0 Å². The van der Waals surface area contributed by atoms with Gasteiger partial charge in [-0.3, -0.25) is 9.59 Å². The molecule has 26 N–H and O–H groups in total. The lowest BCUT2D eigenvalue weighted by molar-refractivity contribution is -0.326. The lowest BCUT2D eigenvalue weighted by Crippen LogP contribution is -2.61. The van der Waals surface area contributed by atoms with Gasteiger partial charge in [0.15, 0.2) is 25.0 Å². The number of carbonyl (C=O) groups is 3. The van der Waals surface area contributed by atoms with Gasteiger partial charge in [-0.2, -0.15) is 0 Å². The highest BCUT2D eigenvalue weighted by molar-refractivity contribution is 5.83. The highest BCUT2D eigenvalue weighted by atomic mass is 16.7. The second-order valence-corrected chi connectivity index (χ2v) is 21.8. The zero-order valence-electron chi connectivity index (χ0n) is 48.3. The van der Waals surface area contributed by atoms with Gasteiger partial charge in [-0.05, 0) is 74.9 Å². The van der Waals surface area contributed by atoms with E-state index in [2.05, 4.69) is 0 Å². The fourth-order valence-corrected chi connectivity index (χ4v) is 10.6. The Morgan fingerprint density at radius 3 is 1.79 bits per heavy atom. The fourth-order valence-electron chi connectivity index (χ4n) is 10.6. The van der Waals surface area contributed by atoms with Crippen LogP contribution in [0, 0.1) is 23.7 Å². The Kier molecular flexibility index (Phi) is 37.0. The first-order chi connectivity index (χ1) is 34.6. The Morgan fingerprint density at radius 2 is 1.31 bits per heavy atom. The van der Waals surface area contributed by atoms with Crippen molar-refractivity contribution >= 4 is 17.7 Å². The molecule has 81 heavy (non-hydrogen) atoms. The van der Waals surface area contributed by atoms with E-state index >= 15 is 0 Å². The zero-order valence-corrected chi connectivity index (χ0v) is 48.3.